The number of rotatable bonds is 4. The van der Waals surface area contributed by atoms with Gasteiger partial charge in [0.25, 0.3) is 0 Å². The van der Waals surface area contributed by atoms with Gasteiger partial charge in [-0.05, 0) is 93.3 Å². The highest BCUT2D eigenvalue weighted by Crippen LogP contribution is 2.48. The van der Waals surface area contributed by atoms with Gasteiger partial charge >= 0.3 is 0 Å². The number of nitrogens with zero attached hydrogens (tertiary/aromatic N) is 1. The molecule has 0 atom stereocenters. The van der Waals surface area contributed by atoms with Crippen molar-refractivity contribution in [2.24, 2.45) is 0 Å². The molecular weight excluding hydrogens is 679 g/mol. The molecule has 3 aromatic heterocycles. The summed E-state index contributed by atoms with van der Waals surface area (Å²) in [6.45, 7) is 0. The Hall–Kier alpha value is -6.88. The zero-order valence-electron chi connectivity index (χ0n) is 28.9. The first-order valence-electron chi connectivity index (χ1n) is 18.2. The Morgan fingerprint density at radius 3 is 1.91 bits per heavy atom. The molecule has 0 aliphatic heterocycles. The van der Waals surface area contributed by atoms with Crippen molar-refractivity contribution >= 4 is 114 Å². The van der Waals surface area contributed by atoms with Crippen LogP contribution in [0.5, 0.6) is 0 Å². The molecule has 0 unspecified atom stereocenters. The normalized spacial score (nSPS) is 12.1. The zero-order valence-corrected chi connectivity index (χ0v) is 29.7. The number of hydrogen-bond acceptors (Lipinski definition) is 4. The van der Waals surface area contributed by atoms with Crippen molar-refractivity contribution in [3.63, 3.8) is 0 Å². The molecule has 0 saturated heterocycles. The topological polar surface area (TPSA) is 29.5 Å². The molecule has 54 heavy (non-hydrogen) atoms. The lowest BCUT2D eigenvalue weighted by molar-refractivity contribution is 0.668. The molecule has 12 aromatic rings. The second-order valence-corrected chi connectivity index (χ2v) is 15.1. The number of furan rings is 2. The summed E-state index contributed by atoms with van der Waals surface area (Å²) < 4.78 is 15.6. The summed E-state index contributed by atoms with van der Waals surface area (Å²) in [4.78, 5) is 2.37. The van der Waals surface area contributed by atoms with Crippen LogP contribution in [0.4, 0.5) is 17.1 Å². The van der Waals surface area contributed by atoms with Crippen molar-refractivity contribution < 1.29 is 8.83 Å². The highest BCUT2D eigenvalue weighted by molar-refractivity contribution is 7.27. The van der Waals surface area contributed by atoms with Crippen molar-refractivity contribution in [3.8, 4) is 11.1 Å². The second kappa shape index (κ2) is 11.3. The lowest BCUT2D eigenvalue weighted by Gasteiger charge is -2.26. The van der Waals surface area contributed by atoms with E-state index in [2.05, 4.69) is 169 Å². The summed E-state index contributed by atoms with van der Waals surface area (Å²) in [5.41, 5.74) is 9.07. The van der Waals surface area contributed by atoms with Gasteiger partial charge in [-0.3, -0.25) is 0 Å². The largest absolute Gasteiger partial charge is 0.456 e. The predicted octanol–water partition coefficient (Wildman–Crippen LogP) is 15.3. The van der Waals surface area contributed by atoms with Gasteiger partial charge in [0, 0.05) is 47.7 Å². The maximum atomic E-state index is 6.60. The van der Waals surface area contributed by atoms with Crippen molar-refractivity contribution in [2.75, 3.05) is 4.90 Å². The Morgan fingerprint density at radius 1 is 0.389 bits per heavy atom. The first-order valence-corrected chi connectivity index (χ1v) is 19.1. The first-order chi connectivity index (χ1) is 26.8. The van der Waals surface area contributed by atoms with E-state index in [9.17, 15) is 0 Å². The quantitative estimate of drug-likeness (QED) is 0.182. The van der Waals surface area contributed by atoms with Crippen LogP contribution in [-0.4, -0.2) is 0 Å². The minimum Gasteiger partial charge on any atom is -0.456 e. The number of thiophene rings is 1. The molecule has 3 nitrogen and oxygen atoms in total. The van der Waals surface area contributed by atoms with Crippen LogP contribution in [0, 0.1) is 0 Å². The molecule has 0 radical (unpaired) electrons. The van der Waals surface area contributed by atoms with Crippen LogP contribution >= 0.6 is 11.3 Å². The summed E-state index contributed by atoms with van der Waals surface area (Å²) in [5.74, 6) is 0. The van der Waals surface area contributed by atoms with E-state index in [4.69, 9.17) is 8.83 Å². The second-order valence-electron chi connectivity index (χ2n) is 14.0. The first kappa shape index (κ1) is 29.7. The van der Waals surface area contributed by atoms with Gasteiger partial charge < -0.3 is 13.7 Å². The molecule has 252 valence electrons. The van der Waals surface area contributed by atoms with E-state index >= 15 is 0 Å². The fraction of sp³-hybridized carbons (Fsp3) is 0. The van der Waals surface area contributed by atoms with Gasteiger partial charge in [-0.25, -0.2) is 0 Å². The SMILES string of the molecule is c1ccc2c(-c3ccc(N(c4ccc5oc6ccc7sc8c9ccccc9ccc8c7c6c5c4)c4cccc5oc6ccccc6c45)cc3)cccc2c1. The Labute approximate surface area is 313 Å². The van der Waals surface area contributed by atoms with E-state index in [0.717, 1.165) is 60.9 Å². The lowest BCUT2D eigenvalue weighted by Crippen LogP contribution is -2.10. The van der Waals surface area contributed by atoms with Crippen molar-refractivity contribution in [3.05, 3.63) is 176 Å². The predicted molar refractivity (Wildman–Crippen MR) is 229 cm³/mol. The van der Waals surface area contributed by atoms with Gasteiger partial charge in [-0.15, -0.1) is 11.3 Å². The third-order valence-corrected chi connectivity index (χ3v) is 12.3. The van der Waals surface area contributed by atoms with E-state index < -0.39 is 0 Å². The smallest absolute Gasteiger partial charge is 0.137 e. The summed E-state index contributed by atoms with van der Waals surface area (Å²) in [6.07, 6.45) is 0. The summed E-state index contributed by atoms with van der Waals surface area (Å²) in [7, 11) is 0. The number of hydrogen-bond donors (Lipinski definition) is 0. The molecule has 4 heteroatoms. The van der Waals surface area contributed by atoms with Crippen LogP contribution in [0.2, 0.25) is 0 Å². The lowest BCUT2D eigenvalue weighted by atomic mass is 9.98. The van der Waals surface area contributed by atoms with E-state index in [0.29, 0.717) is 0 Å². The highest BCUT2D eigenvalue weighted by Gasteiger charge is 2.22. The number of para-hydroxylation sites is 1. The fourth-order valence-corrected chi connectivity index (χ4v) is 9.87. The molecule has 3 heterocycles. The minimum atomic E-state index is 0.861. The molecule has 0 N–H and O–H groups in total. The van der Waals surface area contributed by atoms with E-state index in [1.54, 1.807) is 0 Å². The maximum Gasteiger partial charge on any atom is 0.137 e. The van der Waals surface area contributed by atoms with Gasteiger partial charge in [-0.2, -0.15) is 0 Å². The van der Waals surface area contributed by atoms with Crippen LogP contribution in [-0.2, 0) is 0 Å². The van der Waals surface area contributed by atoms with Crippen LogP contribution in [0.25, 0.3) is 96.7 Å². The van der Waals surface area contributed by atoms with Gasteiger partial charge in [0.05, 0.1) is 11.1 Å². The van der Waals surface area contributed by atoms with E-state index in [1.165, 1.54) is 52.8 Å². The molecule has 0 fully saturated rings. The summed E-state index contributed by atoms with van der Waals surface area (Å²) in [5, 5.41) is 12.0. The molecule has 0 saturated carbocycles. The fourth-order valence-electron chi connectivity index (χ4n) is 8.63. The molecule has 0 bridgehead atoms. The minimum absolute atomic E-state index is 0.861. The van der Waals surface area contributed by atoms with Gasteiger partial charge in [0.15, 0.2) is 0 Å². The van der Waals surface area contributed by atoms with Crippen molar-refractivity contribution in [1.29, 1.82) is 0 Å². The van der Waals surface area contributed by atoms with Gasteiger partial charge in [-0.1, -0.05) is 115 Å². The van der Waals surface area contributed by atoms with Gasteiger partial charge in [0.2, 0.25) is 0 Å². The molecule has 0 aliphatic carbocycles. The third kappa shape index (κ3) is 4.29. The van der Waals surface area contributed by atoms with Crippen LogP contribution in [0.3, 0.4) is 0 Å². The average molecular weight is 708 g/mol. The molecule has 9 aromatic carbocycles. The Balaban J connectivity index is 1.11. The van der Waals surface area contributed by atoms with Crippen molar-refractivity contribution in [1.82, 2.24) is 0 Å². The highest BCUT2D eigenvalue weighted by atomic mass is 32.1. The number of fused-ring (bicyclic) bond motifs is 13. The number of anilines is 3. The zero-order chi connectivity index (χ0) is 35.3. The number of benzene rings is 9. The Kier molecular flexibility index (Phi) is 6.21. The Bertz CT molecular complexity index is 3450. The molecular formula is C50H29NO2S. The van der Waals surface area contributed by atoms with Crippen LogP contribution in [0.15, 0.2) is 185 Å². The summed E-state index contributed by atoms with van der Waals surface area (Å²) >= 11 is 1.86. The Morgan fingerprint density at radius 2 is 1.04 bits per heavy atom. The van der Waals surface area contributed by atoms with E-state index in [-0.39, 0.29) is 0 Å². The standard InChI is InChI=1S/C50H29NO2S/c1-3-12-35-30(9-1)11-7-15-36(35)32-19-22-33(23-20-32)51(41-16-8-18-44-47(41)38-14-5-6-17-42(38)52-44)34-24-26-43-40(29-34)48-45(53-43)27-28-46-49(48)39-25-21-31-10-2-4-13-37(31)50(39)54-46/h1-29H. The van der Waals surface area contributed by atoms with E-state index in [1.807, 2.05) is 23.5 Å². The maximum absolute atomic E-state index is 6.60. The van der Waals surface area contributed by atoms with Crippen LogP contribution in [0.1, 0.15) is 0 Å². The molecule has 0 spiro atoms. The monoisotopic (exact) mass is 707 g/mol. The molecule has 0 amide bonds. The summed E-state index contributed by atoms with van der Waals surface area (Å²) in [6, 6.07) is 63.0. The molecule has 0 aliphatic rings. The van der Waals surface area contributed by atoms with Crippen molar-refractivity contribution in [2.45, 2.75) is 0 Å². The third-order valence-electron chi connectivity index (χ3n) is 11.0. The van der Waals surface area contributed by atoms with Crippen LogP contribution < -0.4 is 4.90 Å². The molecule has 12 rings (SSSR count). The average Bonchev–Trinajstić information content (AvgIpc) is 3.92. The van der Waals surface area contributed by atoms with Gasteiger partial charge in [0.1, 0.15) is 22.3 Å².